The van der Waals surface area contributed by atoms with E-state index in [1.165, 1.54) is 0 Å². The zero-order valence-corrected chi connectivity index (χ0v) is 70.1. The highest BCUT2D eigenvalue weighted by atomic mass is 31.2. The van der Waals surface area contributed by atoms with Gasteiger partial charge in [0.15, 0.2) is 70.9 Å². The topological polar surface area (TPSA) is 994 Å². The number of ether oxygens (including phenoxy) is 6. The number of hydrogen-bond donors (Lipinski definition) is 23. The molecule has 73 heteroatoms. The van der Waals surface area contributed by atoms with E-state index in [2.05, 4.69) is 59.8 Å². The van der Waals surface area contributed by atoms with E-state index in [1.54, 1.807) is 0 Å². The van der Waals surface area contributed by atoms with Gasteiger partial charge in [-0.3, -0.25) is 106 Å². The van der Waals surface area contributed by atoms with E-state index in [4.69, 9.17) is 113 Å². The maximum atomic E-state index is 14.6. The van der Waals surface area contributed by atoms with Crippen LogP contribution < -0.4 is 68.1 Å². The molecule has 0 aliphatic carbocycles. The molecule has 0 amide bonds. The third kappa shape index (κ3) is 20.0. The molecule has 710 valence electrons. The summed E-state index contributed by atoms with van der Waals surface area (Å²) in [6.07, 6.45) is -46.7. The number of nitrogens with two attached hydrogens (primary N) is 6. The maximum absolute atomic E-state index is 14.6. The zero-order chi connectivity index (χ0) is 93.8. The van der Waals surface area contributed by atoms with Gasteiger partial charge in [-0.1, -0.05) is 0 Å². The molecule has 15 rings (SSSR count). The van der Waals surface area contributed by atoms with Gasteiger partial charge in [0.25, 0.3) is 16.7 Å². The van der Waals surface area contributed by atoms with Gasteiger partial charge in [-0.05, 0) is 18.2 Å². The molecule has 6 saturated heterocycles. The Labute approximate surface area is 715 Å². The third-order valence-electron chi connectivity index (χ3n) is 20.1. The van der Waals surface area contributed by atoms with Crippen LogP contribution in [0.5, 0.6) is 0 Å². The molecule has 0 aromatic carbocycles. The predicted octanol–water partition coefficient (Wildman–Crippen LogP) is -9.82. The number of nitrogens with one attached hydrogen (secondary N) is 3. The number of phosphoric ester groups is 6. The maximum Gasteiger partial charge on any atom is 0.472 e. The van der Waals surface area contributed by atoms with Crippen molar-refractivity contribution >= 4 is 116 Å². The van der Waals surface area contributed by atoms with E-state index in [0.29, 0.717) is 13.7 Å². The lowest BCUT2D eigenvalue weighted by atomic mass is 10.1. The summed E-state index contributed by atoms with van der Waals surface area (Å²) >= 11 is 0. The van der Waals surface area contributed by atoms with Crippen molar-refractivity contribution in [1.29, 1.82) is 0 Å². The number of hydrogen-bond acceptors (Lipinski definition) is 51. The van der Waals surface area contributed by atoms with Crippen LogP contribution in [0, 0.1) is 0 Å². The first-order valence-corrected chi connectivity index (χ1v) is 45.9. The number of phosphoric acid groups is 6. The number of fused-ring (bicyclic) bond motifs is 3. The first-order chi connectivity index (χ1) is 61.0. The second kappa shape index (κ2) is 36.5. The molecule has 6 aliphatic heterocycles. The highest BCUT2D eigenvalue weighted by Gasteiger charge is 2.59. The molecule has 5 unspecified atom stereocenters. The van der Waals surface area contributed by atoms with Crippen LogP contribution in [0.15, 0.2) is 84.5 Å². The van der Waals surface area contributed by atoms with Crippen LogP contribution in [0.4, 0.5) is 35.3 Å². The minimum absolute atomic E-state index is 0.260. The van der Waals surface area contributed by atoms with Gasteiger partial charge in [0.2, 0.25) is 17.8 Å². The average molecular weight is 1970 g/mol. The normalized spacial score (nSPS) is 31.9. The van der Waals surface area contributed by atoms with E-state index in [1.807, 2.05) is 0 Å². The minimum Gasteiger partial charge on any atom is -0.394 e. The molecular formula is C57H74N24O43P6. The Morgan fingerprint density at radius 3 is 0.769 bits per heavy atom. The summed E-state index contributed by atoms with van der Waals surface area (Å²) < 4.78 is 180. The van der Waals surface area contributed by atoms with Crippen LogP contribution in [-0.2, 0) is 106 Å². The van der Waals surface area contributed by atoms with Crippen LogP contribution in [0.3, 0.4) is 0 Å². The molecule has 0 saturated carbocycles. The Balaban J connectivity index is 0.662. The second-order valence-electron chi connectivity index (χ2n) is 28.7. The monoisotopic (exact) mass is 1970 g/mol. The summed E-state index contributed by atoms with van der Waals surface area (Å²) in [6, 6.07) is 3.07. The Morgan fingerprint density at radius 2 is 0.546 bits per heavy atom. The predicted molar refractivity (Wildman–Crippen MR) is 413 cm³/mol. The van der Waals surface area contributed by atoms with Crippen LogP contribution >= 0.6 is 46.9 Å². The number of H-pyrrole nitrogens is 3. The van der Waals surface area contributed by atoms with Crippen molar-refractivity contribution in [2.75, 3.05) is 74.0 Å². The molecule has 9 aromatic rings. The number of aliphatic hydroxyl groups excluding tert-OH is 7. The molecule has 29 atom stereocenters. The molecule has 29 N–H and O–H groups in total. The average Bonchev–Trinajstić information content (AvgIpc) is 1.62. The molecule has 9 aromatic heterocycles. The molecule has 130 heavy (non-hydrogen) atoms. The van der Waals surface area contributed by atoms with E-state index in [-0.39, 0.29) is 22.8 Å². The van der Waals surface area contributed by atoms with Crippen molar-refractivity contribution in [3.05, 3.63) is 118 Å². The van der Waals surface area contributed by atoms with E-state index < -0.39 is 314 Å². The number of imidazole rings is 3. The number of aromatic amines is 3. The first-order valence-electron chi connectivity index (χ1n) is 36.9. The lowest BCUT2D eigenvalue weighted by Gasteiger charge is -2.27. The van der Waals surface area contributed by atoms with Gasteiger partial charge >= 0.3 is 64.0 Å². The minimum atomic E-state index is -6.09. The lowest BCUT2D eigenvalue weighted by molar-refractivity contribution is -0.0659. The molecule has 0 radical (unpaired) electrons. The smallest absolute Gasteiger partial charge is 0.394 e. The number of nitrogens with zero attached hydrogens (tertiary/aromatic N) is 15. The molecule has 0 spiro atoms. The summed E-state index contributed by atoms with van der Waals surface area (Å²) in [5.74, 6) is -2.62. The van der Waals surface area contributed by atoms with Gasteiger partial charge in [-0.15, -0.1) is 0 Å². The van der Waals surface area contributed by atoms with Crippen LogP contribution in [0.25, 0.3) is 33.5 Å². The van der Waals surface area contributed by atoms with E-state index in [9.17, 15) is 126 Å². The number of rotatable bonds is 34. The fraction of sp³-hybridized carbons (Fsp3) is 0.526. The quantitative estimate of drug-likeness (QED) is 0.0167. The molecule has 6 aliphatic rings. The van der Waals surface area contributed by atoms with E-state index in [0.717, 1.165) is 69.5 Å². The first kappa shape index (κ1) is 95.2. The number of aliphatic hydroxyl groups is 7. The SMILES string of the molecule is Nc1ccn([C@@H]2O[C@H](COP(=O)(O)O[C@H]3[C@@H](O)[C@H](n4cnc5c(=O)[nH]c(N)nc54)O[C@@H]3COP(=O)(O)O[C@H]3[C@@H](O)[C@H](n4ccc(N)nc4=O)O[C@@H]3COP(=O)(O)O[C@H]3[C@@H](O)[C@H](n4cnc5c(=O)[nH]c(N)nc54)O[C@@H]3COP(=O)(O)O[C@H]3[C@@H](O)[C@H](n4ccc(N)nc4=O)O[C@@H]3COP(=O)(O)O[C@H]3[C@@H](O)[C@H](n4cnc5c(=O)[nH]c(N)nc54)O[C@@H]3CO)[C@@H](OP(=O)(O)O)[C@H]2O)c(=O)n1. The van der Waals surface area contributed by atoms with Crippen molar-refractivity contribution in [2.24, 2.45) is 0 Å². The van der Waals surface area contributed by atoms with Gasteiger partial charge in [-0.25, -0.2) is 56.7 Å². The number of aromatic nitrogens is 18. The fourth-order valence-electron chi connectivity index (χ4n) is 14.5. The molecule has 0 bridgehead atoms. The van der Waals surface area contributed by atoms with Gasteiger partial charge in [0, 0.05) is 18.6 Å². The third-order valence-corrected chi connectivity index (χ3v) is 25.6. The Morgan fingerprint density at radius 1 is 0.331 bits per heavy atom. The van der Waals surface area contributed by atoms with Gasteiger partial charge in [0.05, 0.1) is 58.6 Å². The van der Waals surface area contributed by atoms with Crippen molar-refractivity contribution in [2.45, 2.75) is 147 Å². The van der Waals surface area contributed by atoms with E-state index >= 15 is 0 Å². The molecule has 15 heterocycles. The standard InChI is InChI=1S/C57H74N24O43P6/c58-22-1-4-76(55(92)67-22)46-29(84)35(119-125(95,96)97)17(114-46)8-108-127(100,101)123-38-20(117-50(32(38)87)80-14-65-26-41(80)71-53(62)74-44(26)90)11-111-129(104,105)122-37-19(116-48(31(37)86)78-6-3-24(60)69-57(78)94)10-110-130(106,107)124-39-21(118-51(33(39)88)81-15-66-27-42(81)72-54(63)75-45(27)91)12-112-128(102,103)121-36-18(115-47(30(36)85)77-5-2-23(59)68-56(77)93)9-109-126(98,99)120-34-16(7-82)113-49(28(34)83)79-13-64-25-40(79)70-52(61)73-43(25)89/h1-6,13-21,28-39,46-51,82-88H,7-12H2,(H,98,99)(H,100,101)(H,102,103)(H,104,105)(H,106,107)(H2,58,67,92)(H2,59,68,93)(H2,60,69,94)(H2,95,96,97)(H3,61,70,73,89)(H3,62,71,74,90)(H3,63,72,75,91)/t16-,17-,18-,19-,20-,21-,28-,29-,30-,31-,32-,33-,34-,35-,36-,37-,38-,39-,46-,47-,48-,49-,50-,51-/m1/s1. The van der Waals surface area contributed by atoms with Gasteiger partial charge in [0.1, 0.15) is 127 Å². The second-order valence-corrected chi connectivity index (χ2v) is 36.9. The largest absolute Gasteiger partial charge is 0.472 e. The van der Waals surface area contributed by atoms with Crippen molar-refractivity contribution in [1.82, 2.24) is 87.2 Å². The highest BCUT2D eigenvalue weighted by molar-refractivity contribution is 7.48. The lowest BCUT2D eigenvalue weighted by Crippen LogP contribution is -2.39. The van der Waals surface area contributed by atoms with Crippen molar-refractivity contribution in [3.8, 4) is 0 Å². The summed E-state index contributed by atoms with van der Waals surface area (Å²) in [5.41, 5.74) is 25.3. The molecule has 6 fully saturated rings. The Bertz CT molecular complexity index is 6470. The van der Waals surface area contributed by atoms with Crippen LogP contribution in [0.2, 0.25) is 0 Å². The summed E-state index contributed by atoms with van der Waals surface area (Å²) in [4.78, 5) is 195. The summed E-state index contributed by atoms with van der Waals surface area (Å²) in [7, 11) is -35.3. The van der Waals surface area contributed by atoms with Crippen LogP contribution in [0.1, 0.15) is 37.4 Å². The number of anilines is 6. The zero-order valence-electron chi connectivity index (χ0n) is 64.8. The number of nitrogen functional groups attached to an aromatic ring is 6. The van der Waals surface area contributed by atoms with Gasteiger partial charge < -0.3 is 133 Å². The summed E-state index contributed by atoms with van der Waals surface area (Å²) in [6.45, 7) is -8.22. The molecule has 67 nitrogen and oxygen atoms in total. The Kier molecular flexibility index (Phi) is 26.8. The van der Waals surface area contributed by atoms with Crippen LogP contribution in [-0.4, -0.2) is 307 Å². The molecular weight excluding hydrogens is 1890 g/mol. The summed E-state index contributed by atoms with van der Waals surface area (Å²) in [5, 5.41) is 80.7. The Hall–Kier alpha value is -9.37. The highest BCUT2D eigenvalue weighted by Crippen LogP contribution is 2.57. The van der Waals surface area contributed by atoms with Crippen molar-refractivity contribution < 1.29 is 176 Å². The fourth-order valence-corrected chi connectivity index (χ4v) is 19.9. The van der Waals surface area contributed by atoms with Gasteiger partial charge in [-0.2, -0.15) is 29.9 Å². The van der Waals surface area contributed by atoms with Crippen molar-refractivity contribution in [3.63, 3.8) is 0 Å².